The van der Waals surface area contributed by atoms with Crippen molar-refractivity contribution in [3.05, 3.63) is 65.7 Å². The van der Waals surface area contributed by atoms with Crippen molar-refractivity contribution < 1.29 is 23.1 Å². The molecule has 0 spiro atoms. The van der Waals surface area contributed by atoms with Gasteiger partial charge in [0.25, 0.3) is 5.91 Å². The molecule has 1 saturated heterocycles. The summed E-state index contributed by atoms with van der Waals surface area (Å²) >= 11 is 0. The average molecular weight is 474 g/mol. The molecule has 1 aliphatic rings. The van der Waals surface area contributed by atoms with Gasteiger partial charge in [0.1, 0.15) is 6.04 Å². The summed E-state index contributed by atoms with van der Waals surface area (Å²) in [5, 5.41) is 15.3. The number of aryl methyl sites for hydroxylation is 1. The predicted molar refractivity (Wildman–Crippen MR) is 125 cm³/mol. The molecule has 0 aliphatic carbocycles. The van der Waals surface area contributed by atoms with Gasteiger partial charge in [0, 0.05) is 12.1 Å². The molecule has 1 atom stereocenters. The summed E-state index contributed by atoms with van der Waals surface area (Å²) in [4.78, 5) is 23.9. The summed E-state index contributed by atoms with van der Waals surface area (Å²) < 4.78 is 26.9. The fourth-order valence-electron chi connectivity index (χ4n) is 3.92. The van der Waals surface area contributed by atoms with E-state index in [2.05, 4.69) is 15.4 Å². The molecule has 1 aliphatic heterocycles. The first-order valence-electron chi connectivity index (χ1n) is 11.2. The van der Waals surface area contributed by atoms with E-state index in [1.807, 2.05) is 12.1 Å². The second-order valence-electron chi connectivity index (χ2n) is 8.32. The number of piperidine rings is 1. The third-order valence-corrected chi connectivity index (χ3v) is 7.36. The van der Waals surface area contributed by atoms with Gasteiger partial charge < -0.3 is 15.7 Å². The minimum atomic E-state index is -4.03. The SMILES string of the molecule is O=C(NCC(NS(=O)(=O)c1ccccc1)C(=O)O)c1ccc(CCCC2CCNCC2)cc1. The maximum absolute atomic E-state index is 12.5. The van der Waals surface area contributed by atoms with Gasteiger partial charge in [-0.1, -0.05) is 36.8 Å². The van der Waals surface area contributed by atoms with Crippen molar-refractivity contribution in [1.82, 2.24) is 15.4 Å². The lowest BCUT2D eigenvalue weighted by atomic mass is 9.91. The van der Waals surface area contributed by atoms with Gasteiger partial charge in [0.15, 0.2) is 0 Å². The van der Waals surface area contributed by atoms with E-state index < -0.39 is 27.9 Å². The van der Waals surface area contributed by atoms with E-state index in [1.54, 1.807) is 30.3 Å². The van der Waals surface area contributed by atoms with Gasteiger partial charge in [0.2, 0.25) is 10.0 Å². The Balaban J connectivity index is 1.49. The van der Waals surface area contributed by atoms with Crippen LogP contribution in [-0.4, -0.2) is 51.1 Å². The monoisotopic (exact) mass is 473 g/mol. The topological polar surface area (TPSA) is 125 Å². The van der Waals surface area contributed by atoms with Gasteiger partial charge in [-0.05, 0) is 74.5 Å². The maximum Gasteiger partial charge on any atom is 0.323 e. The van der Waals surface area contributed by atoms with Crippen molar-refractivity contribution in [3.63, 3.8) is 0 Å². The standard InChI is InChI=1S/C24H31N3O5S/c28-23(20-11-9-18(10-12-20)5-4-6-19-13-15-25-16-14-19)26-17-22(24(29)30)27-33(31,32)21-7-2-1-3-8-21/h1-3,7-12,19,22,25,27H,4-6,13-17H2,(H,26,28)(H,29,30). The van der Waals surface area contributed by atoms with Crippen LogP contribution in [0.4, 0.5) is 0 Å². The molecule has 1 fully saturated rings. The molecule has 3 rings (SSSR count). The number of hydrogen-bond acceptors (Lipinski definition) is 5. The first kappa shape index (κ1) is 24.9. The van der Waals surface area contributed by atoms with Crippen molar-refractivity contribution >= 4 is 21.9 Å². The molecule has 0 bridgehead atoms. The maximum atomic E-state index is 12.5. The molecule has 2 aromatic carbocycles. The summed E-state index contributed by atoms with van der Waals surface area (Å²) in [5.41, 5.74) is 1.55. The van der Waals surface area contributed by atoms with E-state index in [4.69, 9.17) is 0 Å². The number of carbonyl (C=O) groups is 2. The van der Waals surface area contributed by atoms with Crippen LogP contribution < -0.4 is 15.4 Å². The van der Waals surface area contributed by atoms with Crippen LogP contribution >= 0.6 is 0 Å². The first-order valence-corrected chi connectivity index (χ1v) is 12.7. The molecular weight excluding hydrogens is 442 g/mol. The van der Waals surface area contributed by atoms with E-state index >= 15 is 0 Å². The van der Waals surface area contributed by atoms with Crippen LogP contribution in [0.25, 0.3) is 0 Å². The molecule has 1 heterocycles. The zero-order chi connectivity index (χ0) is 23.7. The van der Waals surface area contributed by atoms with Crippen LogP contribution in [0.5, 0.6) is 0 Å². The molecule has 0 aromatic heterocycles. The van der Waals surface area contributed by atoms with Gasteiger partial charge in [-0.3, -0.25) is 9.59 Å². The van der Waals surface area contributed by atoms with Crippen LogP contribution in [0.3, 0.4) is 0 Å². The summed E-state index contributed by atoms with van der Waals surface area (Å²) in [6.45, 7) is 1.83. The predicted octanol–water partition coefficient (Wildman–Crippen LogP) is 2.17. The highest BCUT2D eigenvalue weighted by Crippen LogP contribution is 2.19. The zero-order valence-corrected chi connectivity index (χ0v) is 19.3. The third kappa shape index (κ3) is 7.66. The van der Waals surface area contributed by atoms with Crippen molar-refractivity contribution in [3.8, 4) is 0 Å². The van der Waals surface area contributed by atoms with Crippen molar-refractivity contribution in [2.75, 3.05) is 19.6 Å². The zero-order valence-electron chi connectivity index (χ0n) is 18.5. The fourth-order valence-corrected chi connectivity index (χ4v) is 5.13. The third-order valence-electron chi connectivity index (χ3n) is 5.87. The average Bonchev–Trinajstić information content (AvgIpc) is 2.83. The molecule has 33 heavy (non-hydrogen) atoms. The quantitative estimate of drug-likeness (QED) is 0.396. The highest BCUT2D eigenvalue weighted by atomic mass is 32.2. The number of hydrogen-bond donors (Lipinski definition) is 4. The Hall–Kier alpha value is -2.75. The van der Waals surface area contributed by atoms with Gasteiger partial charge in [-0.2, -0.15) is 4.72 Å². The lowest BCUT2D eigenvalue weighted by molar-refractivity contribution is -0.138. The molecule has 178 valence electrons. The van der Waals surface area contributed by atoms with Gasteiger partial charge in [-0.25, -0.2) is 8.42 Å². The molecule has 2 aromatic rings. The minimum Gasteiger partial charge on any atom is -0.480 e. The Morgan fingerprint density at radius 1 is 1.03 bits per heavy atom. The van der Waals surface area contributed by atoms with Crippen LogP contribution in [0.1, 0.15) is 41.6 Å². The first-order chi connectivity index (χ1) is 15.8. The Bertz CT molecular complexity index is 1020. The number of carbonyl (C=O) groups excluding carboxylic acids is 1. The summed E-state index contributed by atoms with van der Waals surface area (Å²) in [6, 6.07) is 13.2. The van der Waals surface area contributed by atoms with Gasteiger partial charge >= 0.3 is 5.97 Å². The van der Waals surface area contributed by atoms with Crippen molar-refractivity contribution in [2.45, 2.75) is 43.0 Å². The Morgan fingerprint density at radius 3 is 2.33 bits per heavy atom. The lowest BCUT2D eigenvalue weighted by Gasteiger charge is -2.22. The normalized spacial score (nSPS) is 15.6. The highest BCUT2D eigenvalue weighted by molar-refractivity contribution is 7.89. The van der Waals surface area contributed by atoms with E-state index in [-0.39, 0.29) is 11.4 Å². The van der Waals surface area contributed by atoms with E-state index in [0.29, 0.717) is 5.56 Å². The minimum absolute atomic E-state index is 0.0432. The molecular formula is C24H31N3O5S. The molecule has 8 nitrogen and oxygen atoms in total. The smallest absolute Gasteiger partial charge is 0.323 e. The Kier molecular flexibility index (Phi) is 8.99. The number of rotatable bonds is 11. The molecule has 0 radical (unpaired) electrons. The van der Waals surface area contributed by atoms with Gasteiger partial charge in [0.05, 0.1) is 4.90 Å². The molecule has 0 saturated carbocycles. The fraction of sp³-hybridized carbons (Fsp3) is 0.417. The molecule has 4 N–H and O–H groups in total. The van der Waals surface area contributed by atoms with Crippen LogP contribution in [0.2, 0.25) is 0 Å². The molecule has 9 heteroatoms. The van der Waals surface area contributed by atoms with Crippen molar-refractivity contribution in [2.24, 2.45) is 5.92 Å². The number of carboxylic acids is 1. The van der Waals surface area contributed by atoms with Crippen LogP contribution in [0, 0.1) is 5.92 Å². The number of aliphatic carboxylic acids is 1. The Morgan fingerprint density at radius 2 is 1.70 bits per heavy atom. The number of carboxylic acid groups (broad SMARTS) is 1. The molecule has 1 amide bonds. The number of sulfonamides is 1. The van der Waals surface area contributed by atoms with E-state index in [1.165, 1.54) is 31.4 Å². The second-order valence-corrected chi connectivity index (χ2v) is 10.0. The highest BCUT2D eigenvalue weighted by Gasteiger charge is 2.26. The summed E-state index contributed by atoms with van der Waals surface area (Å²) in [6.07, 6.45) is 5.74. The Labute approximate surface area is 194 Å². The largest absolute Gasteiger partial charge is 0.480 e. The van der Waals surface area contributed by atoms with Crippen LogP contribution in [-0.2, 0) is 21.2 Å². The molecule has 1 unspecified atom stereocenters. The summed E-state index contributed by atoms with van der Waals surface area (Å²) in [7, 11) is -4.03. The lowest BCUT2D eigenvalue weighted by Crippen LogP contribution is -2.48. The number of amides is 1. The van der Waals surface area contributed by atoms with E-state index in [9.17, 15) is 23.1 Å². The van der Waals surface area contributed by atoms with Gasteiger partial charge in [-0.15, -0.1) is 0 Å². The van der Waals surface area contributed by atoms with E-state index in [0.717, 1.165) is 37.4 Å². The van der Waals surface area contributed by atoms with Crippen LogP contribution in [0.15, 0.2) is 59.5 Å². The number of benzene rings is 2. The van der Waals surface area contributed by atoms with Crippen molar-refractivity contribution in [1.29, 1.82) is 0 Å². The summed E-state index contributed by atoms with van der Waals surface area (Å²) in [5.74, 6) is -1.04. The number of nitrogens with one attached hydrogen (secondary N) is 3. The second kappa shape index (κ2) is 11.9.